The lowest BCUT2D eigenvalue weighted by Crippen LogP contribution is -2.35. The summed E-state index contributed by atoms with van der Waals surface area (Å²) in [5.41, 5.74) is 6.35. The van der Waals surface area contributed by atoms with E-state index in [1.54, 1.807) is 12.5 Å². The summed E-state index contributed by atoms with van der Waals surface area (Å²) in [6, 6.07) is 0. The van der Waals surface area contributed by atoms with Crippen LogP contribution in [0.4, 0.5) is 0 Å². The van der Waals surface area contributed by atoms with Crippen LogP contribution in [0.5, 0.6) is 0 Å². The van der Waals surface area contributed by atoms with Crippen LogP contribution in [-0.2, 0) is 16.1 Å². The predicted octanol–water partition coefficient (Wildman–Crippen LogP) is -0.468. The number of ether oxygens (including phenoxy) is 1. The van der Waals surface area contributed by atoms with Gasteiger partial charge in [-0.3, -0.25) is 4.79 Å². The minimum Gasteiger partial charge on any atom is -0.364 e. The van der Waals surface area contributed by atoms with E-state index in [1.165, 1.54) is 0 Å². The molecule has 1 fully saturated rings. The Labute approximate surface area is 93.6 Å². The number of carbonyl (C=O) groups excluding carboxylic acids is 1. The van der Waals surface area contributed by atoms with E-state index < -0.39 is 0 Å². The molecule has 0 aromatic carbocycles. The SMILES string of the molecule is NCC1CCC(C(=O)NCc2cnc[nH]2)O1. The second kappa shape index (κ2) is 5.09. The Morgan fingerprint density at radius 3 is 3.19 bits per heavy atom. The minimum atomic E-state index is -0.350. The summed E-state index contributed by atoms with van der Waals surface area (Å²) in [5.74, 6) is -0.0782. The quantitative estimate of drug-likeness (QED) is 0.644. The summed E-state index contributed by atoms with van der Waals surface area (Å²) in [6.45, 7) is 0.927. The van der Waals surface area contributed by atoms with Crippen molar-refractivity contribution >= 4 is 5.91 Å². The van der Waals surface area contributed by atoms with Crippen molar-refractivity contribution in [3.05, 3.63) is 18.2 Å². The molecule has 1 aliphatic rings. The van der Waals surface area contributed by atoms with Crippen LogP contribution >= 0.6 is 0 Å². The molecule has 2 rings (SSSR count). The molecular formula is C10H16N4O2. The molecule has 2 heterocycles. The van der Waals surface area contributed by atoms with Gasteiger partial charge in [0.2, 0.25) is 5.91 Å². The monoisotopic (exact) mass is 224 g/mol. The highest BCUT2D eigenvalue weighted by Crippen LogP contribution is 2.18. The summed E-state index contributed by atoms with van der Waals surface area (Å²) < 4.78 is 5.48. The zero-order valence-corrected chi connectivity index (χ0v) is 8.98. The number of carbonyl (C=O) groups is 1. The minimum absolute atomic E-state index is 0.0305. The van der Waals surface area contributed by atoms with Crippen molar-refractivity contribution in [1.29, 1.82) is 0 Å². The Morgan fingerprint density at radius 2 is 2.56 bits per heavy atom. The van der Waals surface area contributed by atoms with E-state index in [1.807, 2.05) is 0 Å². The number of nitrogens with two attached hydrogens (primary N) is 1. The molecular weight excluding hydrogens is 208 g/mol. The van der Waals surface area contributed by atoms with Gasteiger partial charge >= 0.3 is 0 Å². The van der Waals surface area contributed by atoms with E-state index >= 15 is 0 Å². The molecule has 2 unspecified atom stereocenters. The van der Waals surface area contributed by atoms with Crippen molar-refractivity contribution in [2.24, 2.45) is 5.73 Å². The molecule has 6 nitrogen and oxygen atoms in total. The molecule has 1 amide bonds. The molecule has 2 atom stereocenters. The molecule has 0 bridgehead atoms. The zero-order valence-electron chi connectivity index (χ0n) is 8.98. The van der Waals surface area contributed by atoms with Gasteiger partial charge in [0.25, 0.3) is 0 Å². The van der Waals surface area contributed by atoms with Gasteiger partial charge in [-0.1, -0.05) is 0 Å². The molecule has 1 saturated heterocycles. The number of aromatic nitrogens is 2. The molecule has 16 heavy (non-hydrogen) atoms. The third-order valence-corrected chi connectivity index (χ3v) is 2.67. The van der Waals surface area contributed by atoms with E-state index in [2.05, 4.69) is 15.3 Å². The largest absolute Gasteiger partial charge is 0.364 e. The molecule has 1 aromatic heterocycles. The molecule has 1 aliphatic heterocycles. The standard InChI is InChI=1S/C10H16N4O2/c11-3-8-1-2-9(16-8)10(15)13-5-7-4-12-6-14-7/h4,6,8-9H,1-3,5,11H2,(H,12,14)(H,13,15). The van der Waals surface area contributed by atoms with Crippen LogP contribution in [0, 0.1) is 0 Å². The summed E-state index contributed by atoms with van der Waals surface area (Å²) >= 11 is 0. The molecule has 6 heteroatoms. The van der Waals surface area contributed by atoms with Gasteiger partial charge in [0, 0.05) is 12.7 Å². The van der Waals surface area contributed by atoms with Crippen molar-refractivity contribution in [3.63, 3.8) is 0 Å². The van der Waals surface area contributed by atoms with Crippen LogP contribution in [0.25, 0.3) is 0 Å². The Hall–Kier alpha value is -1.40. The normalized spacial score (nSPS) is 24.6. The van der Waals surface area contributed by atoms with Gasteiger partial charge in [0.15, 0.2) is 0 Å². The number of imidazole rings is 1. The number of hydrogen-bond donors (Lipinski definition) is 3. The fourth-order valence-electron chi connectivity index (χ4n) is 1.75. The molecule has 88 valence electrons. The molecule has 0 aliphatic carbocycles. The Kier molecular flexibility index (Phi) is 3.53. The smallest absolute Gasteiger partial charge is 0.249 e. The molecule has 0 radical (unpaired) electrons. The van der Waals surface area contributed by atoms with Crippen LogP contribution in [0.3, 0.4) is 0 Å². The Bertz CT molecular complexity index is 339. The first-order chi connectivity index (χ1) is 7.79. The highest BCUT2D eigenvalue weighted by Gasteiger charge is 2.29. The number of H-pyrrole nitrogens is 1. The van der Waals surface area contributed by atoms with Gasteiger partial charge < -0.3 is 20.8 Å². The number of amides is 1. The molecule has 1 aromatic rings. The number of hydrogen-bond acceptors (Lipinski definition) is 4. The number of nitrogens with zero attached hydrogens (tertiary/aromatic N) is 1. The van der Waals surface area contributed by atoms with Gasteiger partial charge in [-0.2, -0.15) is 0 Å². The van der Waals surface area contributed by atoms with Crippen molar-refractivity contribution in [2.75, 3.05) is 6.54 Å². The first-order valence-electron chi connectivity index (χ1n) is 5.40. The number of nitrogens with one attached hydrogen (secondary N) is 2. The maximum absolute atomic E-state index is 11.7. The van der Waals surface area contributed by atoms with Gasteiger partial charge in [-0.25, -0.2) is 4.98 Å². The summed E-state index contributed by atoms with van der Waals surface area (Å²) in [7, 11) is 0. The van der Waals surface area contributed by atoms with Crippen LogP contribution in [0.2, 0.25) is 0 Å². The van der Waals surface area contributed by atoms with Gasteiger partial charge in [0.05, 0.1) is 24.7 Å². The zero-order chi connectivity index (χ0) is 11.4. The number of rotatable bonds is 4. The van der Waals surface area contributed by atoms with Crippen LogP contribution < -0.4 is 11.1 Å². The van der Waals surface area contributed by atoms with Crippen LogP contribution in [0.15, 0.2) is 12.5 Å². The maximum Gasteiger partial charge on any atom is 0.249 e. The molecule has 0 saturated carbocycles. The lowest BCUT2D eigenvalue weighted by molar-refractivity contribution is -0.132. The lowest BCUT2D eigenvalue weighted by Gasteiger charge is -2.11. The van der Waals surface area contributed by atoms with E-state index in [9.17, 15) is 4.79 Å². The van der Waals surface area contributed by atoms with Gasteiger partial charge in [0.1, 0.15) is 6.10 Å². The van der Waals surface area contributed by atoms with E-state index in [4.69, 9.17) is 10.5 Å². The average molecular weight is 224 g/mol. The van der Waals surface area contributed by atoms with Crippen LogP contribution in [-0.4, -0.2) is 34.6 Å². The third-order valence-electron chi connectivity index (χ3n) is 2.67. The first-order valence-corrected chi connectivity index (χ1v) is 5.40. The second-order valence-electron chi connectivity index (χ2n) is 3.85. The molecule has 4 N–H and O–H groups in total. The lowest BCUT2D eigenvalue weighted by atomic mass is 10.2. The van der Waals surface area contributed by atoms with Gasteiger partial charge in [-0.05, 0) is 12.8 Å². The predicted molar refractivity (Wildman–Crippen MR) is 57.4 cm³/mol. The summed E-state index contributed by atoms with van der Waals surface area (Å²) in [4.78, 5) is 18.5. The van der Waals surface area contributed by atoms with Gasteiger partial charge in [-0.15, -0.1) is 0 Å². The first kappa shape index (κ1) is 11.1. The van der Waals surface area contributed by atoms with Crippen LogP contribution in [0.1, 0.15) is 18.5 Å². The average Bonchev–Trinajstić information content (AvgIpc) is 2.96. The highest BCUT2D eigenvalue weighted by atomic mass is 16.5. The maximum atomic E-state index is 11.7. The molecule has 0 spiro atoms. The highest BCUT2D eigenvalue weighted by molar-refractivity contribution is 5.80. The fraction of sp³-hybridized carbons (Fsp3) is 0.600. The van der Waals surface area contributed by atoms with E-state index in [0.717, 1.165) is 18.5 Å². The Balaban J connectivity index is 1.76. The number of aromatic amines is 1. The van der Waals surface area contributed by atoms with Crippen molar-refractivity contribution in [1.82, 2.24) is 15.3 Å². The Morgan fingerprint density at radius 1 is 1.69 bits per heavy atom. The van der Waals surface area contributed by atoms with Crippen molar-refractivity contribution < 1.29 is 9.53 Å². The summed E-state index contributed by atoms with van der Waals surface area (Å²) in [6.07, 6.45) is 4.55. The van der Waals surface area contributed by atoms with E-state index in [-0.39, 0.29) is 18.1 Å². The van der Waals surface area contributed by atoms with Crippen molar-refractivity contribution in [2.45, 2.75) is 31.6 Å². The summed E-state index contributed by atoms with van der Waals surface area (Å²) in [5, 5.41) is 2.80. The van der Waals surface area contributed by atoms with E-state index in [0.29, 0.717) is 13.1 Å². The fourth-order valence-corrected chi connectivity index (χ4v) is 1.75. The topological polar surface area (TPSA) is 93.0 Å². The second-order valence-corrected chi connectivity index (χ2v) is 3.85. The third kappa shape index (κ3) is 2.59. The van der Waals surface area contributed by atoms with Crippen molar-refractivity contribution in [3.8, 4) is 0 Å².